The molecule has 4 heterocycles. The quantitative estimate of drug-likeness (QED) is 0.0935. The summed E-state index contributed by atoms with van der Waals surface area (Å²) in [6.07, 6.45) is 42.5. The number of rotatable bonds is 9. The molecule has 12 nitrogen and oxygen atoms in total. The standard InChI is InChI=1S/C28H40N2O2.2C24H37NO3/c1-26(32)12-13-28(14-16-31)19(17-26)6-7-20-21-8-9-23(27(21,2)11-10-22(20)28)24-18-30-15-4-3-5-25(30)29-24;1-22(27)10-11-24(12-13-26)16(15-22)3-4-17-18-5-6-20(21-8-14-28-25-21)23(18,2)9-7-19(17)24;1-22(27)10-11-24(12-14-26)16(15-22)3-4-17-18-5-6-20(21-8-13-25-28-21)23(18,2)9-7-19(17)24/h3-5,15,18-23,31-32H,6-14,16-17H2,1-2H3;8,14,16-20,26-27H,3-7,9-13,15H2,1-2H3;8,13,16-20,26-27H,3-7,9-12,14-15H2,1-2H3/t19-,20?,21+,22+,23-,26-,27+,28-;2*16-,17+,18+,19+,20-,22-,23+,24-/m111/s1. The summed E-state index contributed by atoms with van der Waals surface area (Å²) in [6.45, 7) is 14.6. The van der Waals surface area contributed by atoms with Gasteiger partial charge < -0.3 is 44.1 Å². The first-order chi connectivity index (χ1) is 42.2. The molecule has 486 valence electrons. The summed E-state index contributed by atoms with van der Waals surface area (Å²) in [5.41, 5.74) is 3.77. The molecule has 16 rings (SSSR count). The fourth-order valence-corrected chi connectivity index (χ4v) is 27.2. The second kappa shape index (κ2) is 23.1. The molecule has 12 aliphatic rings. The first kappa shape index (κ1) is 62.3. The largest absolute Gasteiger partial charge is 0.396 e. The van der Waals surface area contributed by atoms with Crippen LogP contribution >= 0.6 is 0 Å². The van der Waals surface area contributed by atoms with Crippen molar-refractivity contribution < 1.29 is 39.7 Å². The van der Waals surface area contributed by atoms with Crippen molar-refractivity contribution in [3.05, 3.63) is 72.3 Å². The summed E-state index contributed by atoms with van der Waals surface area (Å²) in [5, 5.41) is 70.7. The molecule has 0 aliphatic heterocycles. The van der Waals surface area contributed by atoms with E-state index >= 15 is 0 Å². The molecule has 12 aliphatic carbocycles. The van der Waals surface area contributed by atoms with Crippen molar-refractivity contribution in [2.45, 2.75) is 269 Å². The van der Waals surface area contributed by atoms with E-state index in [9.17, 15) is 30.6 Å². The highest BCUT2D eigenvalue weighted by molar-refractivity contribution is 5.41. The molecule has 24 atom stereocenters. The van der Waals surface area contributed by atoms with Crippen LogP contribution in [-0.2, 0) is 0 Å². The molecule has 0 radical (unpaired) electrons. The lowest BCUT2D eigenvalue weighted by Gasteiger charge is -2.63. The molecule has 1 unspecified atom stereocenters. The topological polar surface area (TPSA) is 191 Å². The second-order valence-electron chi connectivity index (χ2n) is 34.7. The lowest BCUT2D eigenvalue weighted by atomic mass is 9.42. The number of aliphatic hydroxyl groups is 6. The zero-order valence-electron chi connectivity index (χ0n) is 55.0. The van der Waals surface area contributed by atoms with E-state index in [0.29, 0.717) is 71.6 Å². The molecule has 88 heavy (non-hydrogen) atoms. The van der Waals surface area contributed by atoms with Gasteiger partial charge in [0.25, 0.3) is 0 Å². The van der Waals surface area contributed by atoms with Crippen LogP contribution in [0, 0.1) is 104 Å². The Labute approximate surface area is 527 Å². The van der Waals surface area contributed by atoms with Crippen molar-refractivity contribution in [2.24, 2.45) is 104 Å². The van der Waals surface area contributed by atoms with Gasteiger partial charge in [0.15, 0.2) is 0 Å². The fourth-order valence-electron chi connectivity index (χ4n) is 27.2. The van der Waals surface area contributed by atoms with Crippen molar-refractivity contribution >= 4 is 5.65 Å². The molecule has 12 heteroatoms. The van der Waals surface area contributed by atoms with E-state index in [1.165, 1.54) is 121 Å². The minimum absolute atomic E-state index is 0.252. The SMILES string of the molecule is C[C@@]1(O)CC[C@@]2(CCO)[C@H](CCC3[C@@H]4CC[C@H](c5cn6ccccc6n5)[C@@]4(C)CC[C@@H]32)C1.C[C@@]1(O)CC[C@@]2(CCO)[C@H](CC[C@H]3[C@@H]4CC[C@H](c5ccno5)[C@@]4(C)CC[C@@H]32)C1.C[C@@]1(O)CC[C@@]2(CCO)[C@H](CC[C@H]3[C@@H]4CC[C@H](c5ccon5)[C@@]4(C)CC[C@@H]32)C1. The van der Waals surface area contributed by atoms with Gasteiger partial charge in [-0.05, 0) is 329 Å². The summed E-state index contributed by atoms with van der Waals surface area (Å²) in [7, 11) is 0. The predicted molar refractivity (Wildman–Crippen MR) is 342 cm³/mol. The van der Waals surface area contributed by atoms with Gasteiger partial charge in [0.05, 0.1) is 34.4 Å². The van der Waals surface area contributed by atoms with Crippen LogP contribution in [0.4, 0.5) is 0 Å². The minimum atomic E-state index is -0.513. The van der Waals surface area contributed by atoms with Crippen LogP contribution in [0.15, 0.2) is 64.2 Å². The normalized spacial score (nSPS) is 48.9. The number of hydrogen-bond donors (Lipinski definition) is 6. The monoisotopic (exact) mass is 1210 g/mol. The third-order valence-corrected chi connectivity index (χ3v) is 31.0. The van der Waals surface area contributed by atoms with E-state index in [0.717, 1.165) is 147 Å². The van der Waals surface area contributed by atoms with Gasteiger partial charge in [0.2, 0.25) is 0 Å². The molecule has 0 amide bonds. The molecule has 4 aromatic heterocycles. The van der Waals surface area contributed by atoms with E-state index < -0.39 is 16.8 Å². The summed E-state index contributed by atoms with van der Waals surface area (Å²) < 4.78 is 13.0. The van der Waals surface area contributed by atoms with Gasteiger partial charge in [-0.15, -0.1) is 0 Å². The molecular formula is C76H114N4O8. The van der Waals surface area contributed by atoms with Crippen molar-refractivity contribution in [3.63, 3.8) is 0 Å². The first-order valence-corrected chi connectivity index (χ1v) is 36.4. The number of nitrogens with zero attached hydrogens (tertiary/aromatic N) is 4. The van der Waals surface area contributed by atoms with E-state index in [-0.39, 0.29) is 16.2 Å². The maximum Gasteiger partial charge on any atom is 0.140 e. The van der Waals surface area contributed by atoms with Gasteiger partial charge in [0.1, 0.15) is 17.7 Å². The molecule has 0 aromatic carbocycles. The zero-order valence-corrected chi connectivity index (χ0v) is 55.0. The number of aliphatic hydroxyl groups excluding tert-OH is 3. The van der Waals surface area contributed by atoms with Gasteiger partial charge in [0, 0.05) is 62.1 Å². The minimum Gasteiger partial charge on any atom is -0.396 e. The van der Waals surface area contributed by atoms with Crippen LogP contribution in [0.2, 0.25) is 0 Å². The second-order valence-corrected chi connectivity index (χ2v) is 34.7. The van der Waals surface area contributed by atoms with Gasteiger partial charge in [-0.25, -0.2) is 4.98 Å². The van der Waals surface area contributed by atoms with Gasteiger partial charge in [-0.2, -0.15) is 0 Å². The Kier molecular flexibility index (Phi) is 16.4. The van der Waals surface area contributed by atoms with Crippen LogP contribution in [-0.4, -0.2) is 87.0 Å². The zero-order chi connectivity index (χ0) is 61.3. The predicted octanol–water partition coefficient (Wildman–Crippen LogP) is 15.4. The molecule has 0 saturated heterocycles. The van der Waals surface area contributed by atoms with Crippen molar-refractivity contribution in [3.8, 4) is 0 Å². The van der Waals surface area contributed by atoms with Crippen molar-refractivity contribution in [1.29, 1.82) is 0 Å². The Balaban J connectivity index is 0.000000116. The maximum atomic E-state index is 10.8. The van der Waals surface area contributed by atoms with E-state index in [1.807, 2.05) is 20.8 Å². The lowest BCUT2D eigenvalue weighted by molar-refractivity contribution is -0.158. The molecule has 4 aromatic rings. The molecule has 0 bridgehead atoms. The first-order valence-electron chi connectivity index (χ1n) is 36.4. The Hall–Kier alpha value is -3.13. The fraction of sp³-hybridized carbons (Fsp3) is 0.829. The highest BCUT2D eigenvalue weighted by Crippen LogP contribution is 2.74. The Morgan fingerprint density at radius 2 is 0.909 bits per heavy atom. The van der Waals surface area contributed by atoms with Gasteiger partial charge in [-0.3, -0.25) is 0 Å². The van der Waals surface area contributed by atoms with Crippen molar-refractivity contribution in [2.75, 3.05) is 19.8 Å². The molecule has 0 spiro atoms. The smallest absolute Gasteiger partial charge is 0.140 e. The summed E-state index contributed by atoms with van der Waals surface area (Å²) >= 11 is 0. The molecule has 12 fully saturated rings. The number of pyridine rings is 1. The average Bonchev–Trinajstić information content (AvgIpc) is 1.75. The Bertz CT molecular complexity index is 2880. The Morgan fingerprint density at radius 1 is 0.466 bits per heavy atom. The van der Waals surface area contributed by atoms with Gasteiger partial charge >= 0.3 is 0 Å². The maximum absolute atomic E-state index is 10.8. The number of fused-ring (bicyclic) bond motifs is 16. The summed E-state index contributed by atoms with van der Waals surface area (Å²) in [5.74, 6) is 11.3. The number of hydrogen-bond acceptors (Lipinski definition) is 11. The van der Waals surface area contributed by atoms with Crippen LogP contribution in [0.25, 0.3) is 5.65 Å². The molecule has 6 N–H and O–H groups in total. The van der Waals surface area contributed by atoms with Crippen LogP contribution in [0.1, 0.15) is 269 Å². The molecular weight excluding hydrogens is 1100 g/mol. The highest BCUT2D eigenvalue weighted by atomic mass is 16.5. The van der Waals surface area contributed by atoms with E-state index in [2.05, 4.69) is 78.2 Å². The van der Waals surface area contributed by atoms with Crippen LogP contribution in [0.5, 0.6) is 0 Å². The van der Waals surface area contributed by atoms with Crippen LogP contribution in [0.3, 0.4) is 0 Å². The van der Waals surface area contributed by atoms with Crippen molar-refractivity contribution in [1.82, 2.24) is 19.7 Å². The third kappa shape index (κ3) is 10.2. The average molecular weight is 1210 g/mol. The van der Waals surface area contributed by atoms with E-state index in [4.69, 9.17) is 14.0 Å². The number of imidazole rings is 1. The van der Waals surface area contributed by atoms with Crippen LogP contribution < -0.4 is 0 Å². The Morgan fingerprint density at radius 3 is 1.32 bits per heavy atom. The molecule has 12 saturated carbocycles. The highest BCUT2D eigenvalue weighted by Gasteiger charge is 2.66. The summed E-state index contributed by atoms with van der Waals surface area (Å²) in [6, 6.07) is 10.4. The lowest BCUT2D eigenvalue weighted by Crippen LogP contribution is -2.56. The number of aromatic nitrogens is 4. The van der Waals surface area contributed by atoms with Gasteiger partial charge in [-0.1, -0.05) is 37.2 Å². The summed E-state index contributed by atoms with van der Waals surface area (Å²) in [4.78, 5) is 5.06. The third-order valence-electron chi connectivity index (χ3n) is 31.0. The van der Waals surface area contributed by atoms with E-state index in [1.54, 1.807) is 12.5 Å².